The van der Waals surface area contributed by atoms with E-state index in [1.165, 1.54) is 0 Å². The SMILES string of the molecule is Cc1cc([C@](C)(O)C#Cc2ccc3c(c2)-c2nc(C(N)=O)cn2CC(CN2CCOCC2)O3)no1. The Morgan fingerprint density at radius 2 is 2.11 bits per heavy atom. The molecule has 1 fully saturated rings. The molecule has 2 aliphatic rings. The number of hydrogen-bond donors (Lipinski definition) is 2. The molecule has 0 saturated carbocycles. The van der Waals surface area contributed by atoms with E-state index in [0.717, 1.165) is 13.1 Å². The molecule has 1 unspecified atom stereocenters. The van der Waals surface area contributed by atoms with Gasteiger partial charge >= 0.3 is 0 Å². The lowest BCUT2D eigenvalue weighted by atomic mass is 10.0. The molecule has 2 aliphatic heterocycles. The fourth-order valence-corrected chi connectivity index (χ4v) is 4.23. The number of hydrogen-bond acceptors (Lipinski definition) is 8. The van der Waals surface area contributed by atoms with Crippen molar-refractivity contribution in [2.24, 2.45) is 5.73 Å². The number of ether oxygens (including phenoxy) is 2. The normalized spacial score (nSPS) is 19.3. The molecule has 3 N–H and O–H groups in total. The summed E-state index contributed by atoms with van der Waals surface area (Å²) in [5.41, 5.74) is 5.92. The van der Waals surface area contributed by atoms with Gasteiger partial charge in [0.1, 0.15) is 34.8 Å². The van der Waals surface area contributed by atoms with Crippen LogP contribution in [0.25, 0.3) is 11.4 Å². The highest BCUT2D eigenvalue weighted by Crippen LogP contribution is 2.34. The van der Waals surface area contributed by atoms with Gasteiger partial charge in [-0.3, -0.25) is 9.69 Å². The van der Waals surface area contributed by atoms with Crippen LogP contribution in [-0.4, -0.2) is 69.6 Å². The Kier molecular flexibility index (Phi) is 6.06. The second-order valence-corrected chi connectivity index (χ2v) is 8.98. The van der Waals surface area contributed by atoms with E-state index in [1.54, 1.807) is 26.1 Å². The lowest BCUT2D eigenvalue weighted by Crippen LogP contribution is -2.43. The van der Waals surface area contributed by atoms with E-state index >= 15 is 0 Å². The molecule has 35 heavy (non-hydrogen) atoms. The highest BCUT2D eigenvalue weighted by molar-refractivity contribution is 5.91. The predicted octanol–water partition coefficient (Wildman–Crippen LogP) is 1.30. The first-order valence-corrected chi connectivity index (χ1v) is 11.5. The Hall–Kier alpha value is -3.65. The molecule has 4 heterocycles. The van der Waals surface area contributed by atoms with E-state index < -0.39 is 11.5 Å². The van der Waals surface area contributed by atoms with Crippen LogP contribution in [0.1, 0.15) is 34.4 Å². The van der Waals surface area contributed by atoms with Crippen LogP contribution in [0.2, 0.25) is 0 Å². The van der Waals surface area contributed by atoms with E-state index in [0.29, 0.717) is 60.5 Å². The van der Waals surface area contributed by atoms with Gasteiger partial charge in [-0.05, 0) is 32.0 Å². The summed E-state index contributed by atoms with van der Waals surface area (Å²) in [4.78, 5) is 18.7. The Labute approximate surface area is 202 Å². The highest BCUT2D eigenvalue weighted by Gasteiger charge is 2.28. The van der Waals surface area contributed by atoms with Crippen LogP contribution in [0.15, 0.2) is 35.0 Å². The summed E-state index contributed by atoms with van der Waals surface area (Å²) < 4.78 is 18.8. The van der Waals surface area contributed by atoms with Crippen LogP contribution in [0.5, 0.6) is 5.75 Å². The average molecular weight is 478 g/mol. The lowest BCUT2D eigenvalue weighted by molar-refractivity contribution is 0.0172. The second-order valence-electron chi connectivity index (χ2n) is 8.98. The zero-order chi connectivity index (χ0) is 24.6. The molecule has 3 aromatic rings. The first-order chi connectivity index (χ1) is 16.8. The van der Waals surface area contributed by atoms with Gasteiger partial charge in [-0.1, -0.05) is 17.0 Å². The largest absolute Gasteiger partial charge is 0.486 e. The molecule has 2 atom stereocenters. The Bertz CT molecular complexity index is 1310. The number of aromatic nitrogens is 3. The molecule has 0 radical (unpaired) electrons. The number of carbonyl (C=O) groups excluding carboxylic acids is 1. The first-order valence-electron chi connectivity index (χ1n) is 11.5. The maximum Gasteiger partial charge on any atom is 0.268 e. The first kappa shape index (κ1) is 23.1. The highest BCUT2D eigenvalue weighted by atomic mass is 16.5. The van der Waals surface area contributed by atoms with Gasteiger partial charge < -0.3 is 29.4 Å². The molecular weight excluding hydrogens is 450 g/mol. The summed E-state index contributed by atoms with van der Waals surface area (Å²) in [5.74, 6) is 7.10. The maximum absolute atomic E-state index is 11.9. The van der Waals surface area contributed by atoms with Gasteiger partial charge in [-0.15, -0.1) is 0 Å². The lowest BCUT2D eigenvalue weighted by Gasteiger charge is -2.30. The third kappa shape index (κ3) is 4.93. The average Bonchev–Trinajstić information content (AvgIpc) is 3.43. The molecule has 0 spiro atoms. The van der Waals surface area contributed by atoms with E-state index in [2.05, 4.69) is 26.9 Å². The molecule has 2 aromatic heterocycles. The molecule has 1 aromatic carbocycles. The minimum atomic E-state index is -1.48. The summed E-state index contributed by atoms with van der Waals surface area (Å²) in [6, 6.07) is 7.16. The number of aryl methyl sites for hydroxylation is 1. The van der Waals surface area contributed by atoms with Crippen molar-refractivity contribution in [3.63, 3.8) is 0 Å². The second kappa shape index (κ2) is 9.19. The number of amides is 1. The van der Waals surface area contributed by atoms with Crippen molar-refractivity contribution >= 4 is 5.91 Å². The Morgan fingerprint density at radius 1 is 1.31 bits per heavy atom. The number of benzene rings is 1. The van der Waals surface area contributed by atoms with Crippen molar-refractivity contribution < 1.29 is 23.9 Å². The molecule has 0 bridgehead atoms. The third-order valence-corrected chi connectivity index (χ3v) is 6.09. The zero-order valence-electron chi connectivity index (χ0n) is 19.7. The van der Waals surface area contributed by atoms with Crippen LogP contribution < -0.4 is 10.5 Å². The van der Waals surface area contributed by atoms with Gasteiger partial charge in [-0.2, -0.15) is 0 Å². The standard InChI is InChI=1S/C25H27N5O5/c1-16-11-22(28-35-16)25(2,32)6-5-17-3-4-21-19(12-17)24-27-20(23(26)31)15-30(24)14-18(34-21)13-29-7-9-33-10-8-29/h3-4,11-12,15,18,32H,7-10,13-14H2,1-2H3,(H2,26,31)/t18?,25-/m1/s1. The Balaban J connectivity index is 1.49. The summed E-state index contributed by atoms with van der Waals surface area (Å²) in [7, 11) is 0. The van der Waals surface area contributed by atoms with E-state index in [4.69, 9.17) is 19.7 Å². The zero-order valence-corrected chi connectivity index (χ0v) is 19.7. The van der Waals surface area contributed by atoms with E-state index in [9.17, 15) is 9.90 Å². The minimum absolute atomic E-state index is 0.156. The molecule has 10 heteroatoms. The van der Waals surface area contributed by atoms with Gasteiger partial charge in [0.2, 0.25) is 0 Å². The molecule has 5 rings (SSSR count). The van der Waals surface area contributed by atoms with Crippen LogP contribution in [-0.2, 0) is 16.9 Å². The Morgan fingerprint density at radius 3 is 2.83 bits per heavy atom. The number of carbonyl (C=O) groups is 1. The smallest absolute Gasteiger partial charge is 0.268 e. The predicted molar refractivity (Wildman–Crippen MR) is 126 cm³/mol. The van der Waals surface area contributed by atoms with Crippen LogP contribution >= 0.6 is 0 Å². The molecule has 182 valence electrons. The fraction of sp³-hybridized carbons (Fsp3) is 0.400. The fourth-order valence-electron chi connectivity index (χ4n) is 4.23. The van der Waals surface area contributed by atoms with Crippen LogP contribution in [0, 0.1) is 18.8 Å². The third-order valence-electron chi connectivity index (χ3n) is 6.09. The number of rotatable bonds is 4. The summed E-state index contributed by atoms with van der Waals surface area (Å²) in [6.45, 7) is 7.63. The van der Waals surface area contributed by atoms with Gasteiger partial charge in [0, 0.05) is 37.5 Å². The van der Waals surface area contributed by atoms with Crippen molar-refractivity contribution in [3.05, 3.63) is 53.2 Å². The van der Waals surface area contributed by atoms with E-state index in [1.807, 2.05) is 22.8 Å². The number of nitrogens with two attached hydrogens (primary N) is 1. The quantitative estimate of drug-likeness (QED) is 0.538. The van der Waals surface area contributed by atoms with Crippen molar-refractivity contribution in [1.29, 1.82) is 0 Å². The van der Waals surface area contributed by atoms with Crippen molar-refractivity contribution in [2.75, 3.05) is 32.8 Å². The topological polar surface area (TPSA) is 129 Å². The number of nitrogens with zero attached hydrogens (tertiary/aromatic N) is 4. The molecule has 1 amide bonds. The van der Waals surface area contributed by atoms with Crippen molar-refractivity contribution in [2.45, 2.75) is 32.1 Å². The van der Waals surface area contributed by atoms with Gasteiger partial charge in [-0.25, -0.2) is 4.98 Å². The van der Waals surface area contributed by atoms with Gasteiger partial charge in [0.15, 0.2) is 5.60 Å². The summed E-state index contributed by atoms with van der Waals surface area (Å²) in [5, 5.41) is 14.6. The number of imidazole rings is 1. The minimum Gasteiger partial charge on any atom is -0.486 e. The van der Waals surface area contributed by atoms with E-state index in [-0.39, 0.29) is 11.8 Å². The number of morpholine rings is 1. The number of fused-ring (bicyclic) bond motifs is 3. The molecule has 10 nitrogen and oxygen atoms in total. The van der Waals surface area contributed by atoms with Crippen molar-refractivity contribution in [1.82, 2.24) is 19.6 Å². The summed E-state index contributed by atoms with van der Waals surface area (Å²) in [6.07, 6.45) is 1.51. The van der Waals surface area contributed by atoms with Crippen molar-refractivity contribution in [3.8, 4) is 29.0 Å². The molecular formula is C25H27N5O5. The monoisotopic (exact) mass is 477 g/mol. The molecule has 1 saturated heterocycles. The van der Waals surface area contributed by atoms with Gasteiger partial charge in [0.05, 0.1) is 25.3 Å². The summed E-state index contributed by atoms with van der Waals surface area (Å²) >= 11 is 0. The maximum atomic E-state index is 11.9. The van der Waals surface area contributed by atoms with Crippen LogP contribution in [0.3, 0.4) is 0 Å². The number of primary amides is 1. The van der Waals surface area contributed by atoms with Crippen LogP contribution in [0.4, 0.5) is 0 Å². The molecule has 0 aliphatic carbocycles. The van der Waals surface area contributed by atoms with Gasteiger partial charge in [0.25, 0.3) is 5.91 Å². The number of aliphatic hydroxyl groups is 1.